The average molecular weight is 364 g/mol. The zero-order valence-corrected chi connectivity index (χ0v) is 14.6. The number of pyridine rings is 1. The van der Waals surface area contributed by atoms with Gasteiger partial charge in [-0.1, -0.05) is 18.2 Å². The number of carbonyl (C=O) groups excluding carboxylic acids is 1. The van der Waals surface area contributed by atoms with Crippen molar-refractivity contribution >= 4 is 6.09 Å². The second-order valence-electron chi connectivity index (χ2n) is 6.18. The van der Waals surface area contributed by atoms with E-state index in [0.717, 1.165) is 11.1 Å². The number of ether oxygens (including phenoxy) is 2. The van der Waals surface area contributed by atoms with Gasteiger partial charge in [0.05, 0.1) is 18.5 Å². The standard InChI is InChI=1S/C21H17FN2O3/c1-26-16-5-2-4-14(12-16)20-19(24-21(25)27-20)18-7-3-6-17(23-18)13-8-10-15(22)11-9-13/h2-12,19-20H,1H3,(H,24,25)/t19-,20-/m1/s1. The van der Waals surface area contributed by atoms with E-state index in [2.05, 4.69) is 10.3 Å². The molecule has 1 saturated heterocycles. The summed E-state index contributed by atoms with van der Waals surface area (Å²) in [5, 5.41) is 2.82. The molecule has 4 rings (SSSR count). The molecule has 6 heteroatoms. The van der Waals surface area contributed by atoms with Crippen LogP contribution in [0.3, 0.4) is 0 Å². The predicted octanol–water partition coefficient (Wildman–Crippen LogP) is 4.42. The number of carbonyl (C=O) groups is 1. The van der Waals surface area contributed by atoms with E-state index >= 15 is 0 Å². The molecule has 27 heavy (non-hydrogen) atoms. The van der Waals surface area contributed by atoms with Gasteiger partial charge in [-0.3, -0.25) is 4.98 Å². The van der Waals surface area contributed by atoms with Gasteiger partial charge in [0, 0.05) is 5.56 Å². The van der Waals surface area contributed by atoms with Crippen molar-refractivity contribution in [3.8, 4) is 17.0 Å². The highest BCUT2D eigenvalue weighted by molar-refractivity contribution is 5.71. The highest BCUT2D eigenvalue weighted by Crippen LogP contribution is 2.37. The second kappa shape index (κ2) is 7.07. The summed E-state index contributed by atoms with van der Waals surface area (Å²) in [6.45, 7) is 0. The fourth-order valence-corrected chi connectivity index (χ4v) is 3.13. The molecule has 5 nitrogen and oxygen atoms in total. The summed E-state index contributed by atoms with van der Waals surface area (Å²) in [4.78, 5) is 16.6. The first-order chi connectivity index (χ1) is 13.1. The zero-order valence-electron chi connectivity index (χ0n) is 14.6. The minimum absolute atomic E-state index is 0.301. The number of benzene rings is 2. The first kappa shape index (κ1) is 17.0. The topological polar surface area (TPSA) is 60.5 Å². The number of rotatable bonds is 4. The molecule has 2 atom stereocenters. The van der Waals surface area contributed by atoms with Gasteiger partial charge in [0.25, 0.3) is 0 Å². The van der Waals surface area contributed by atoms with Gasteiger partial charge in [-0.2, -0.15) is 0 Å². The van der Waals surface area contributed by atoms with Crippen molar-refractivity contribution < 1.29 is 18.7 Å². The SMILES string of the molecule is COc1cccc([C@H]2OC(=O)N[C@@H]2c2cccc(-c3ccc(F)cc3)n2)c1. The van der Waals surface area contributed by atoms with Gasteiger partial charge in [-0.15, -0.1) is 0 Å². The molecule has 0 aliphatic carbocycles. The lowest BCUT2D eigenvalue weighted by atomic mass is 9.99. The fourth-order valence-electron chi connectivity index (χ4n) is 3.13. The number of hydrogen-bond donors (Lipinski definition) is 1. The maximum absolute atomic E-state index is 13.2. The van der Waals surface area contributed by atoms with Crippen LogP contribution in [0.4, 0.5) is 9.18 Å². The summed E-state index contributed by atoms with van der Waals surface area (Å²) in [5.41, 5.74) is 2.96. The van der Waals surface area contributed by atoms with E-state index in [9.17, 15) is 9.18 Å². The van der Waals surface area contributed by atoms with Crippen molar-refractivity contribution in [2.75, 3.05) is 7.11 Å². The molecular formula is C21H17FN2O3. The Bertz CT molecular complexity index is 975. The summed E-state index contributed by atoms with van der Waals surface area (Å²) in [6, 6.07) is 18.6. The normalized spacial score (nSPS) is 18.7. The van der Waals surface area contributed by atoms with Crippen molar-refractivity contribution in [3.63, 3.8) is 0 Å². The van der Waals surface area contributed by atoms with Crippen molar-refractivity contribution in [1.82, 2.24) is 10.3 Å². The minimum Gasteiger partial charge on any atom is -0.497 e. The summed E-state index contributed by atoms with van der Waals surface area (Å²) >= 11 is 0. The zero-order chi connectivity index (χ0) is 18.8. The number of nitrogens with one attached hydrogen (secondary N) is 1. The van der Waals surface area contributed by atoms with E-state index in [0.29, 0.717) is 17.1 Å². The van der Waals surface area contributed by atoms with Gasteiger partial charge in [0.1, 0.15) is 17.6 Å². The molecule has 3 aromatic rings. The maximum atomic E-state index is 13.2. The Hall–Kier alpha value is -3.41. The van der Waals surface area contributed by atoms with Crippen LogP contribution in [0.2, 0.25) is 0 Å². The van der Waals surface area contributed by atoms with Crippen molar-refractivity contribution in [2.45, 2.75) is 12.1 Å². The Balaban J connectivity index is 1.69. The van der Waals surface area contributed by atoms with Gasteiger partial charge in [0.2, 0.25) is 0 Å². The Kier molecular flexibility index (Phi) is 4.46. The largest absolute Gasteiger partial charge is 0.497 e. The van der Waals surface area contributed by atoms with E-state index in [4.69, 9.17) is 9.47 Å². The molecule has 0 bridgehead atoms. The van der Waals surface area contributed by atoms with E-state index in [1.165, 1.54) is 12.1 Å². The predicted molar refractivity (Wildman–Crippen MR) is 97.7 cm³/mol. The lowest BCUT2D eigenvalue weighted by Gasteiger charge is -2.18. The number of hydrogen-bond acceptors (Lipinski definition) is 4. The van der Waals surface area contributed by atoms with Crippen LogP contribution >= 0.6 is 0 Å². The molecule has 2 heterocycles. The minimum atomic E-state index is -0.524. The molecular weight excluding hydrogens is 347 g/mol. The number of amides is 1. The number of halogens is 1. The highest BCUT2D eigenvalue weighted by Gasteiger charge is 2.37. The Morgan fingerprint density at radius 1 is 1.07 bits per heavy atom. The average Bonchev–Trinajstić information content (AvgIpc) is 3.10. The van der Waals surface area contributed by atoms with Gasteiger partial charge in [-0.25, -0.2) is 9.18 Å². The number of methoxy groups -OCH3 is 1. The van der Waals surface area contributed by atoms with Crippen LogP contribution in [0, 0.1) is 5.82 Å². The molecule has 0 unspecified atom stereocenters. The van der Waals surface area contributed by atoms with Gasteiger partial charge in [0.15, 0.2) is 6.10 Å². The van der Waals surface area contributed by atoms with Crippen molar-refractivity contribution in [2.24, 2.45) is 0 Å². The third-order valence-electron chi connectivity index (χ3n) is 4.46. The monoisotopic (exact) mass is 364 g/mol. The number of aromatic nitrogens is 1. The quantitative estimate of drug-likeness (QED) is 0.745. The smallest absolute Gasteiger partial charge is 0.408 e. The summed E-state index contributed by atoms with van der Waals surface area (Å²) in [7, 11) is 1.59. The van der Waals surface area contributed by atoms with Crippen LogP contribution in [0.1, 0.15) is 23.4 Å². The Morgan fingerprint density at radius 2 is 1.85 bits per heavy atom. The van der Waals surface area contributed by atoms with Crippen LogP contribution in [0.15, 0.2) is 66.7 Å². The van der Waals surface area contributed by atoms with E-state index in [1.54, 1.807) is 19.2 Å². The molecule has 136 valence electrons. The lowest BCUT2D eigenvalue weighted by Crippen LogP contribution is -2.20. The van der Waals surface area contributed by atoms with E-state index < -0.39 is 18.2 Å². The maximum Gasteiger partial charge on any atom is 0.408 e. The van der Waals surface area contributed by atoms with Crippen LogP contribution < -0.4 is 10.1 Å². The second-order valence-corrected chi connectivity index (χ2v) is 6.18. The molecule has 0 radical (unpaired) electrons. The van der Waals surface area contributed by atoms with E-state index in [1.807, 2.05) is 42.5 Å². The third-order valence-corrected chi connectivity index (χ3v) is 4.46. The number of alkyl carbamates (subject to hydrolysis) is 1. The fraction of sp³-hybridized carbons (Fsp3) is 0.143. The first-order valence-corrected chi connectivity index (χ1v) is 8.48. The molecule has 1 aromatic heterocycles. The Labute approximate surface area is 155 Å². The van der Waals surface area contributed by atoms with Crippen LogP contribution in [-0.2, 0) is 4.74 Å². The summed E-state index contributed by atoms with van der Waals surface area (Å²) in [6.07, 6.45) is -1.02. The van der Waals surface area contributed by atoms with Crippen molar-refractivity contribution in [3.05, 3.63) is 83.8 Å². The molecule has 0 spiro atoms. The summed E-state index contributed by atoms with van der Waals surface area (Å²) < 4.78 is 23.9. The van der Waals surface area contributed by atoms with Gasteiger partial charge in [-0.05, 0) is 54.1 Å². The lowest BCUT2D eigenvalue weighted by molar-refractivity contribution is 0.131. The summed E-state index contributed by atoms with van der Waals surface area (Å²) in [5.74, 6) is 0.381. The van der Waals surface area contributed by atoms with Gasteiger partial charge < -0.3 is 14.8 Å². The molecule has 1 fully saturated rings. The number of cyclic esters (lactones) is 1. The number of nitrogens with zero attached hydrogens (tertiary/aromatic N) is 1. The molecule has 0 saturated carbocycles. The third kappa shape index (κ3) is 3.46. The molecule has 1 amide bonds. The molecule has 1 aliphatic heterocycles. The van der Waals surface area contributed by atoms with E-state index in [-0.39, 0.29) is 5.82 Å². The molecule has 2 aromatic carbocycles. The van der Waals surface area contributed by atoms with Gasteiger partial charge >= 0.3 is 6.09 Å². The highest BCUT2D eigenvalue weighted by atomic mass is 19.1. The van der Waals surface area contributed by atoms with Crippen molar-refractivity contribution in [1.29, 1.82) is 0 Å². The van der Waals surface area contributed by atoms with Crippen LogP contribution in [0.5, 0.6) is 5.75 Å². The molecule has 1 aliphatic rings. The van der Waals surface area contributed by atoms with Crippen LogP contribution in [0.25, 0.3) is 11.3 Å². The van der Waals surface area contributed by atoms with Crippen LogP contribution in [-0.4, -0.2) is 18.2 Å². The first-order valence-electron chi connectivity index (χ1n) is 8.48. The molecule has 1 N–H and O–H groups in total. The Morgan fingerprint density at radius 3 is 2.63 bits per heavy atom.